The van der Waals surface area contributed by atoms with Gasteiger partial charge < -0.3 is 0 Å². The van der Waals surface area contributed by atoms with Crippen LogP contribution in [-0.4, -0.2) is 10.2 Å². The molecule has 18 heavy (non-hydrogen) atoms. The number of alkyl halides is 3. The fraction of sp³-hybridized carbons (Fsp3) is 0.167. The van der Waals surface area contributed by atoms with Gasteiger partial charge in [0, 0.05) is 5.56 Å². The van der Waals surface area contributed by atoms with Crippen LogP contribution in [0, 0.1) is 6.92 Å². The zero-order chi connectivity index (χ0) is 13.3. The topological polar surface area (TPSA) is 25.8 Å². The summed E-state index contributed by atoms with van der Waals surface area (Å²) in [5.41, 5.74) is 0.814. The summed E-state index contributed by atoms with van der Waals surface area (Å²) < 4.78 is 37.4. The van der Waals surface area contributed by atoms with E-state index in [1.54, 1.807) is 19.1 Å². The highest BCUT2D eigenvalue weighted by Crippen LogP contribution is 2.34. The van der Waals surface area contributed by atoms with Gasteiger partial charge in [-0.25, -0.2) is 0 Å². The Morgan fingerprint density at radius 2 is 1.78 bits per heavy atom. The minimum absolute atomic E-state index is 0.00276. The molecule has 2 rings (SSSR count). The molecule has 0 spiro atoms. The van der Waals surface area contributed by atoms with Crippen LogP contribution in [0.1, 0.15) is 11.3 Å². The lowest BCUT2D eigenvalue weighted by Crippen LogP contribution is -2.04. The van der Waals surface area contributed by atoms with Crippen LogP contribution in [0.5, 0.6) is 0 Å². The summed E-state index contributed by atoms with van der Waals surface area (Å²) in [6.45, 7) is 1.77. The molecule has 6 heteroatoms. The molecule has 94 valence electrons. The average molecular weight is 273 g/mol. The number of nitrogens with zero attached hydrogens (tertiary/aromatic N) is 2. The van der Waals surface area contributed by atoms with Crippen LogP contribution in [0.2, 0.25) is 5.02 Å². The first kappa shape index (κ1) is 12.8. The monoisotopic (exact) mass is 272 g/mol. The maximum atomic E-state index is 12.5. The molecule has 0 N–H and O–H groups in total. The highest BCUT2D eigenvalue weighted by molar-refractivity contribution is 6.33. The van der Waals surface area contributed by atoms with Crippen molar-refractivity contribution in [2.24, 2.45) is 0 Å². The standard InChI is InChI=1S/C12H8ClF3N2/c1-7-2-5-11(18-17-7)9-4-3-8(6-10(9)13)12(14,15)16/h2-6H,1H3. The van der Waals surface area contributed by atoms with Crippen molar-refractivity contribution in [1.82, 2.24) is 10.2 Å². The minimum atomic E-state index is -4.40. The maximum Gasteiger partial charge on any atom is 0.416 e. The quantitative estimate of drug-likeness (QED) is 0.780. The normalized spacial score (nSPS) is 11.6. The Kier molecular flexibility index (Phi) is 3.26. The summed E-state index contributed by atoms with van der Waals surface area (Å²) in [7, 11) is 0. The van der Waals surface area contributed by atoms with Crippen molar-refractivity contribution >= 4 is 11.6 Å². The van der Waals surface area contributed by atoms with Crippen LogP contribution in [0.4, 0.5) is 13.2 Å². The van der Waals surface area contributed by atoms with Crippen molar-refractivity contribution in [3.8, 4) is 11.3 Å². The summed E-state index contributed by atoms with van der Waals surface area (Å²) in [5, 5.41) is 7.73. The van der Waals surface area contributed by atoms with Crippen molar-refractivity contribution < 1.29 is 13.2 Å². The van der Waals surface area contributed by atoms with Crippen LogP contribution in [-0.2, 0) is 6.18 Å². The largest absolute Gasteiger partial charge is 0.416 e. The number of halogens is 4. The summed E-state index contributed by atoms with van der Waals surface area (Å²) in [5.74, 6) is 0. The van der Waals surface area contributed by atoms with Gasteiger partial charge in [-0.1, -0.05) is 17.7 Å². The van der Waals surface area contributed by atoms with Gasteiger partial charge in [0.2, 0.25) is 0 Å². The van der Waals surface area contributed by atoms with E-state index < -0.39 is 11.7 Å². The Morgan fingerprint density at radius 3 is 2.28 bits per heavy atom. The Bertz CT molecular complexity index is 565. The first-order chi connectivity index (χ1) is 8.38. The molecule has 0 aliphatic heterocycles. The molecule has 1 aromatic carbocycles. The third-order valence-corrected chi connectivity index (χ3v) is 2.68. The van der Waals surface area contributed by atoms with Crippen molar-refractivity contribution in [3.05, 3.63) is 46.6 Å². The number of benzene rings is 1. The molecule has 0 atom stereocenters. The van der Waals surface area contributed by atoms with Gasteiger partial charge >= 0.3 is 6.18 Å². The van der Waals surface area contributed by atoms with Gasteiger partial charge in [-0.3, -0.25) is 0 Å². The Labute approximate surface area is 106 Å². The fourth-order valence-electron chi connectivity index (χ4n) is 1.44. The highest BCUT2D eigenvalue weighted by atomic mass is 35.5. The predicted octanol–water partition coefficient (Wildman–Crippen LogP) is 4.12. The molecule has 1 heterocycles. The number of rotatable bonds is 1. The van der Waals surface area contributed by atoms with Crippen LogP contribution < -0.4 is 0 Å². The SMILES string of the molecule is Cc1ccc(-c2ccc(C(F)(F)F)cc2Cl)nn1. The smallest absolute Gasteiger partial charge is 0.166 e. The van der Waals surface area contributed by atoms with Gasteiger partial charge in [-0.2, -0.15) is 23.4 Å². The summed E-state index contributed by atoms with van der Waals surface area (Å²) in [6, 6.07) is 6.54. The van der Waals surface area contributed by atoms with E-state index in [0.29, 0.717) is 11.3 Å². The maximum absolute atomic E-state index is 12.5. The van der Waals surface area contributed by atoms with E-state index in [0.717, 1.165) is 17.8 Å². The molecule has 2 nitrogen and oxygen atoms in total. The molecule has 0 bridgehead atoms. The molecular weight excluding hydrogens is 265 g/mol. The third kappa shape index (κ3) is 2.61. The molecular formula is C12H8ClF3N2. The number of aryl methyl sites for hydroxylation is 1. The summed E-state index contributed by atoms with van der Waals surface area (Å²) in [4.78, 5) is 0. The van der Waals surface area contributed by atoms with E-state index in [1.165, 1.54) is 6.07 Å². The zero-order valence-corrected chi connectivity index (χ0v) is 10.0. The van der Waals surface area contributed by atoms with Crippen molar-refractivity contribution in [2.75, 3.05) is 0 Å². The van der Waals surface area contributed by atoms with Crippen molar-refractivity contribution in [3.63, 3.8) is 0 Å². The molecule has 0 radical (unpaired) electrons. The van der Waals surface area contributed by atoms with E-state index in [9.17, 15) is 13.2 Å². The molecule has 0 aliphatic rings. The second-order valence-electron chi connectivity index (χ2n) is 3.75. The highest BCUT2D eigenvalue weighted by Gasteiger charge is 2.31. The van der Waals surface area contributed by atoms with E-state index in [-0.39, 0.29) is 5.02 Å². The van der Waals surface area contributed by atoms with E-state index >= 15 is 0 Å². The minimum Gasteiger partial charge on any atom is -0.166 e. The summed E-state index contributed by atoms with van der Waals surface area (Å²) >= 11 is 5.84. The van der Waals surface area contributed by atoms with E-state index in [1.807, 2.05) is 0 Å². The van der Waals surface area contributed by atoms with Gasteiger partial charge in [0.25, 0.3) is 0 Å². The van der Waals surface area contributed by atoms with Crippen molar-refractivity contribution in [2.45, 2.75) is 13.1 Å². The van der Waals surface area contributed by atoms with E-state index in [2.05, 4.69) is 10.2 Å². The Morgan fingerprint density at radius 1 is 1.06 bits per heavy atom. The first-order valence-corrected chi connectivity index (χ1v) is 5.43. The van der Waals surface area contributed by atoms with Crippen molar-refractivity contribution in [1.29, 1.82) is 0 Å². The number of hydrogen-bond acceptors (Lipinski definition) is 2. The van der Waals surface area contributed by atoms with Gasteiger partial charge in [-0.15, -0.1) is 0 Å². The lowest BCUT2D eigenvalue weighted by molar-refractivity contribution is -0.137. The summed E-state index contributed by atoms with van der Waals surface area (Å²) in [6.07, 6.45) is -4.40. The average Bonchev–Trinajstić information content (AvgIpc) is 2.29. The van der Waals surface area contributed by atoms with Crippen LogP contribution in [0.25, 0.3) is 11.3 Å². The second-order valence-corrected chi connectivity index (χ2v) is 4.16. The lowest BCUT2D eigenvalue weighted by Gasteiger charge is -2.09. The molecule has 0 aliphatic carbocycles. The van der Waals surface area contributed by atoms with Crippen LogP contribution in [0.3, 0.4) is 0 Å². The van der Waals surface area contributed by atoms with Crippen LogP contribution in [0.15, 0.2) is 30.3 Å². The molecule has 2 aromatic rings. The molecule has 0 fully saturated rings. The number of hydrogen-bond donors (Lipinski definition) is 0. The van der Waals surface area contributed by atoms with Gasteiger partial charge in [-0.05, 0) is 31.2 Å². The van der Waals surface area contributed by atoms with Crippen LogP contribution >= 0.6 is 11.6 Å². The Balaban J connectivity index is 2.45. The molecule has 0 amide bonds. The molecule has 0 saturated heterocycles. The first-order valence-electron chi connectivity index (χ1n) is 5.05. The molecule has 0 saturated carbocycles. The predicted molar refractivity (Wildman–Crippen MR) is 62.2 cm³/mol. The molecule has 1 aromatic heterocycles. The third-order valence-electron chi connectivity index (χ3n) is 2.37. The van der Waals surface area contributed by atoms with E-state index in [4.69, 9.17) is 11.6 Å². The zero-order valence-electron chi connectivity index (χ0n) is 9.29. The number of aromatic nitrogens is 2. The van der Waals surface area contributed by atoms with Gasteiger partial charge in [0.05, 0.1) is 22.0 Å². The fourth-order valence-corrected chi connectivity index (χ4v) is 1.72. The molecule has 0 unspecified atom stereocenters. The second kappa shape index (κ2) is 4.57. The van der Waals surface area contributed by atoms with Gasteiger partial charge in [0.15, 0.2) is 0 Å². The Hall–Kier alpha value is -1.62. The van der Waals surface area contributed by atoms with Gasteiger partial charge in [0.1, 0.15) is 0 Å². The lowest BCUT2D eigenvalue weighted by atomic mass is 10.1.